The fourth-order valence-corrected chi connectivity index (χ4v) is 1.79. The highest BCUT2D eigenvalue weighted by molar-refractivity contribution is 6.34. The second-order valence-corrected chi connectivity index (χ2v) is 3.82. The third kappa shape index (κ3) is 1.77. The molecule has 16 heavy (non-hydrogen) atoms. The van der Waals surface area contributed by atoms with Crippen LogP contribution in [0, 0.1) is 0 Å². The summed E-state index contributed by atoms with van der Waals surface area (Å²) < 4.78 is 10.6. The van der Waals surface area contributed by atoms with E-state index in [-0.39, 0.29) is 17.4 Å². The molecule has 0 fully saturated rings. The molecule has 1 aromatic carbocycles. The summed E-state index contributed by atoms with van der Waals surface area (Å²) in [5.41, 5.74) is 5.98. The zero-order valence-electron chi connectivity index (χ0n) is 8.44. The predicted molar refractivity (Wildman–Crippen MR) is 58.1 cm³/mol. The number of benzene rings is 1. The van der Waals surface area contributed by atoms with Crippen molar-refractivity contribution in [2.45, 2.75) is 6.04 Å². The normalized spacial score (nSPS) is 15.9. The topological polar surface area (TPSA) is 84.9 Å². The van der Waals surface area contributed by atoms with Gasteiger partial charge in [-0.25, -0.2) is 0 Å². The number of hydrogen-bond donors (Lipinski definition) is 3. The molecule has 6 heteroatoms. The largest absolute Gasteiger partial charge is 0.506 e. The summed E-state index contributed by atoms with van der Waals surface area (Å²) >= 11 is 5.93. The van der Waals surface area contributed by atoms with Crippen molar-refractivity contribution in [3.8, 4) is 17.2 Å². The van der Waals surface area contributed by atoms with E-state index in [1.807, 2.05) is 0 Å². The minimum atomic E-state index is -0.701. The molecule has 1 aliphatic rings. The quantitative estimate of drug-likeness (QED) is 0.718. The van der Waals surface area contributed by atoms with Crippen LogP contribution in [0.3, 0.4) is 0 Å². The molecule has 0 radical (unpaired) electrons. The molecule has 0 amide bonds. The SMILES string of the molecule is NC(CO)c1cc2c(c(Cl)c1O)OCCO2. The number of phenols is 1. The van der Waals surface area contributed by atoms with Crippen LogP contribution >= 0.6 is 11.6 Å². The van der Waals surface area contributed by atoms with Crippen LogP contribution in [0.15, 0.2) is 6.07 Å². The summed E-state index contributed by atoms with van der Waals surface area (Å²) in [6.07, 6.45) is 0. The number of hydrogen-bond acceptors (Lipinski definition) is 5. The maximum Gasteiger partial charge on any atom is 0.183 e. The van der Waals surface area contributed by atoms with Gasteiger partial charge in [-0.15, -0.1) is 0 Å². The van der Waals surface area contributed by atoms with E-state index in [9.17, 15) is 5.11 Å². The number of rotatable bonds is 2. The number of aliphatic hydroxyl groups is 1. The van der Waals surface area contributed by atoms with Crippen molar-refractivity contribution in [3.63, 3.8) is 0 Å². The number of fused-ring (bicyclic) bond motifs is 1. The fourth-order valence-electron chi connectivity index (χ4n) is 1.54. The molecule has 5 nitrogen and oxygen atoms in total. The number of ether oxygens (including phenoxy) is 2. The molecule has 1 aliphatic heterocycles. The van der Waals surface area contributed by atoms with Crippen molar-refractivity contribution >= 4 is 11.6 Å². The Morgan fingerprint density at radius 3 is 2.81 bits per heavy atom. The van der Waals surface area contributed by atoms with Crippen LogP contribution in [0.4, 0.5) is 0 Å². The highest BCUT2D eigenvalue weighted by atomic mass is 35.5. The van der Waals surface area contributed by atoms with Gasteiger partial charge in [-0.05, 0) is 6.07 Å². The lowest BCUT2D eigenvalue weighted by Gasteiger charge is -2.22. The number of halogens is 1. The second-order valence-electron chi connectivity index (χ2n) is 3.44. The molecular formula is C10H12ClNO4. The Balaban J connectivity index is 2.52. The number of nitrogens with two attached hydrogens (primary N) is 1. The molecule has 0 saturated heterocycles. The Morgan fingerprint density at radius 2 is 2.12 bits per heavy atom. The highest BCUT2D eigenvalue weighted by Crippen LogP contribution is 2.46. The van der Waals surface area contributed by atoms with Gasteiger partial charge in [0.25, 0.3) is 0 Å². The van der Waals surface area contributed by atoms with Crippen LogP contribution in [0.5, 0.6) is 17.2 Å². The number of aliphatic hydroxyl groups excluding tert-OH is 1. The maximum atomic E-state index is 9.80. The molecule has 0 bridgehead atoms. The van der Waals surface area contributed by atoms with E-state index >= 15 is 0 Å². The summed E-state index contributed by atoms with van der Waals surface area (Å²) in [5, 5.41) is 18.8. The van der Waals surface area contributed by atoms with Gasteiger partial charge < -0.3 is 25.4 Å². The molecule has 0 saturated carbocycles. The van der Waals surface area contributed by atoms with E-state index in [4.69, 9.17) is 31.9 Å². The van der Waals surface area contributed by atoms with E-state index in [0.29, 0.717) is 30.3 Å². The molecule has 4 N–H and O–H groups in total. The first kappa shape index (κ1) is 11.3. The van der Waals surface area contributed by atoms with Gasteiger partial charge in [0.05, 0.1) is 12.6 Å². The Bertz CT molecular complexity index is 410. The molecule has 0 aliphatic carbocycles. The van der Waals surface area contributed by atoms with Gasteiger partial charge in [-0.1, -0.05) is 11.6 Å². The summed E-state index contributed by atoms with van der Waals surface area (Å²) in [7, 11) is 0. The molecule has 0 spiro atoms. The molecule has 1 aromatic rings. The van der Waals surface area contributed by atoms with Crippen LogP contribution in [-0.2, 0) is 0 Å². The lowest BCUT2D eigenvalue weighted by Crippen LogP contribution is -2.18. The summed E-state index contributed by atoms with van der Waals surface area (Å²) in [6, 6.07) is 0.838. The van der Waals surface area contributed by atoms with Gasteiger partial charge in [0.2, 0.25) is 0 Å². The van der Waals surface area contributed by atoms with Gasteiger partial charge in [-0.3, -0.25) is 0 Å². The Labute approximate surface area is 97.3 Å². The molecule has 1 heterocycles. The lowest BCUT2D eigenvalue weighted by atomic mass is 10.1. The standard InChI is InChI=1S/C10H12ClNO4/c11-8-9(14)5(6(12)4-13)3-7-10(8)16-2-1-15-7/h3,6,13-14H,1-2,4,12H2. The average molecular weight is 246 g/mol. The smallest absolute Gasteiger partial charge is 0.183 e. The van der Waals surface area contributed by atoms with Crippen LogP contribution in [-0.4, -0.2) is 30.0 Å². The first-order valence-electron chi connectivity index (χ1n) is 4.82. The monoisotopic (exact) mass is 245 g/mol. The van der Waals surface area contributed by atoms with Gasteiger partial charge in [0.1, 0.15) is 24.0 Å². The molecule has 2 rings (SSSR count). The van der Waals surface area contributed by atoms with E-state index in [1.165, 1.54) is 6.07 Å². The van der Waals surface area contributed by atoms with Crippen LogP contribution < -0.4 is 15.2 Å². The van der Waals surface area contributed by atoms with Gasteiger partial charge in [0.15, 0.2) is 11.5 Å². The maximum absolute atomic E-state index is 9.80. The third-order valence-corrected chi connectivity index (χ3v) is 2.73. The Morgan fingerprint density at radius 1 is 1.44 bits per heavy atom. The summed E-state index contributed by atoms with van der Waals surface area (Å²) in [4.78, 5) is 0. The van der Waals surface area contributed by atoms with Crippen molar-refractivity contribution in [2.24, 2.45) is 5.73 Å². The minimum Gasteiger partial charge on any atom is -0.506 e. The van der Waals surface area contributed by atoms with Crippen molar-refractivity contribution in [1.82, 2.24) is 0 Å². The van der Waals surface area contributed by atoms with E-state index in [2.05, 4.69) is 0 Å². The van der Waals surface area contributed by atoms with Crippen LogP contribution in [0.25, 0.3) is 0 Å². The average Bonchev–Trinajstić information content (AvgIpc) is 2.33. The Hall–Kier alpha value is -1.17. The molecule has 0 aromatic heterocycles. The van der Waals surface area contributed by atoms with Crippen molar-refractivity contribution in [1.29, 1.82) is 0 Å². The predicted octanol–water partition coefficient (Wildman–Crippen LogP) is 0.809. The zero-order valence-corrected chi connectivity index (χ0v) is 9.20. The zero-order chi connectivity index (χ0) is 11.7. The number of aromatic hydroxyl groups is 1. The van der Waals surface area contributed by atoms with E-state index < -0.39 is 6.04 Å². The molecule has 1 unspecified atom stereocenters. The third-order valence-electron chi connectivity index (χ3n) is 2.37. The lowest BCUT2D eigenvalue weighted by molar-refractivity contribution is 0.170. The van der Waals surface area contributed by atoms with Crippen LogP contribution in [0.1, 0.15) is 11.6 Å². The first-order valence-corrected chi connectivity index (χ1v) is 5.20. The van der Waals surface area contributed by atoms with Gasteiger partial charge in [-0.2, -0.15) is 0 Å². The number of phenolic OH excluding ortho intramolecular Hbond substituents is 1. The fraction of sp³-hybridized carbons (Fsp3) is 0.400. The van der Waals surface area contributed by atoms with Gasteiger partial charge in [0, 0.05) is 5.56 Å². The van der Waals surface area contributed by atoms with Crippen molar-refractivity contribution in [3.05, 3.63) is 16.7 Å². The van der Waals surface area contributed by atoms with Crippen molar-refractivity contribution < 1.29 is 19.7 Å². The summed E-state index contributed by atoms with van der Waals surface area (Å²) in [6.45, 7) is 0.517. The molecule has 1 atom stereocenters. The Kier molecular flexibility index (Phi) is 3.09. The first-order chi connectivity index (χ1) is 7.65. The molecule has 88 valence electrons. The van der Waals surface area contributed by atoms with Crippen LogP contribution in [0.2, 0.25) is 5.02 Å². The van der Waals surface area contributed by atoms with Gasteiger partial charge >= 0.3 is 0 Å². The van der Waals surface area contributed by atoms with E-state index in [1.54, 1.807) is 0 Å². The molecular weight excluding hydrogens is 234 g/mol. The summed E-state index contributed by atoms with van der Waals surface area (Å²) in [5.74, 6) is 0.583. The second kappa shape index (κ2) is 4.37. The van der Waals surface area contributed by atoms with Crippen molar-refractivity contribution in [2.75, 3.05) is 19.8 Å². The highest BCUT2D eigenvalue weighted by Gasteiger charge is 2.23. The van der Waals surface area contributed by atoms with E-state index in [0.717, 1.165) is 0 Å². The minimum absolute atomic E-state index is 0.0658.